The van der Waals surface area contributed by atoms with Gasteiger partial charge in [0, 0.05) is 27.5 Å². The van der Waals surface area contributed by atoms with Gasteiger partial charge in [-0.2, -0.15) is 4.39 Å². The number of hydrogen-bond acceptors (Lipinski definition) is 4. The van der Waals surface area contributed by atoms with Crippen LogP contribution in [0.1, 0.15) is 31.3 Å². The van der Waals surface area contributed by atoms with Crippen LogP contribution in [0.15, 0.2) is 52.4 Å². The van der Waals surface area contributed by atoms with Gasteiger partial charge >= 0.3 is 5.97 Å². The van der Waals surface area contributed by atoms with E-state index < -0.39 is 17.7 Å². The maximum Gasteiger partial charge on any atom is 0.337 e. The standard InChI is InChI=1S/C21H14BrFN2O3S/c1-11-3-2-8-25-19(23)18(24-20(11)25)15(26)9-16-17(21(27)28)14(10-29-16)12-4-6-13(22)7-5-12/h2-8,10H,9H2,1H3,(H,27,28). The Morgan fingerprint density at radius 2 is 1.97 bits per heavy atom. The maximum absolute atomic E-state index is 14.7. The fraction of sp³-hybridized carbons (Fsp3) is 0.0952. The lowest BCUT2D eigenvalue weighted by Gasteiger charge is -2.04. The zero-order valence-corrected chi connectivity index (χ0v) is 17.6. The van der Waals surface area contributed by atoms with Crippen molar-refractivity contribution >= 4 is 44.7 Å². The second-order valence-electron chi connectivity index (χ2n) is 6.50. The molecule has 5 nitrogen and oxygen atoms in total. The van der Waals surface area contributed by atoms with Crippen LogP contribution in [0.5, 0.6) is 0 Å². The van der Waals surface area contributed by atoms with E-state index in [9.17, 15) is 19.1 Å². The number of fused-ring (bicyclic) bond motifs is 1. The van der Waals surface area contributed by atoms with Crippen LogP contribution in [-0.4, -0.2) is 26.2 Å². The van der Waals surface area contributed by atoms with Crippen molar-refractivity contribution in [2.24, 2.45) is 0 Å². The first-order valence-electron chi connectivity index (χ1n) is 8.62. The zero-order chi connectivity index (χ0) is 20.7. The molecule has 0 aliphatic rings. The summed E-state index contributed by atoms with van der Waals surface area (Å²) in [5, 5.41) is 11.4. The molecular formula is C21H14BrFN2O3S. The zero-order valence-electron chi connectivity index (χ0n) is 15.1. The molecule has 146 valence electrons. The summed E-state index contributed by atoms with van der Waals surface area (Å²) in [4.78, 5) is 29.2. The topological polar surface area (TPSA) is 71.7 Å². The maximum atomic E-state index is 14.7. The van der Waals surface area contributed by atoms with Crippen molar-refractivity contribution in [1.82, 2.24) is 9.38 Å². The largest absolute Gasteiger partial charge is 0.478 e. The summed E-state index contributed by atoms with van der Waals surface area (Å²) in [6, 6.07) is 10.7. The third-order valence-corrected chi connectivity index (χ3v) is 6.12. The highest BCUT2D eigenvalue weighted by Gasteiger charge is 2.25. The molecule has 0 aliphatic carbocycles. The Morgan fingerprint density at radius 3 is 2.62 bits per heavy atom. The summed E-state index contributed by atoms with van der Waals surface area (Å²) in [6.45, 7) is 1.78. The number of aromatic nitrogens is 2. The van der Waals surface area contributed by atoms with Crippen LogP contribution >= 0.6 is 27.3 Å². The van der Waals surface area contributed by atoms with Crippen molar-refractivity contribution in [1.29, 1.82) is 0 Å². The number of aromatic carboxylic acids is 1. The van der Waals surface area contributed by atoms with Gasteiger partial charge in [0.1, 0.15) is 5.65 Å². The van der Waals surface area contributed by atoms with Crippen LogP contribution < -0.4 is 0 Å². The first-order valence-corrected chi connectivity index (χ1v) is 10.3. The summed E-state index contributed by atoms with van der Waals surface area (Å²) in [5.41, 5.74) is 2.15. The summed E-state index contributed by atoms with van der Waals surface area (Å²) >= 11 is 4.52. The van der Waals surface area contributed by atoms with Crippen molar-refractivity contribution in [2.75, 3.05) is 0 Å². The predicted octanol–water partition coefficient (Wildman–Crippen LogP) is 5.40. The minimum Gasteiger partial charge on any atom is -0.478 e. The number of carboxylic acid groups (broad SMARTS) is 1. The van der Waals surface area contributed by atoms with Gasteiger partial charge in [0.05, 0.1) is 5.56 Å². The lowest BCUT2D eigenvalue weighted by Crippen LogP contribution is -2.09. The number of hydrogen-bond donors (Lipinski definition) is 1. The number of carboxylic acids is 1. The number of halogens is 2. The van der Waals surface area contributed by atoms with Crippen molar-refractivity contribution < 1.29 is 19.1 Å². The Hall–Kier alpha value is -2.84. The van der Waals surface area contributed by atoms with Gasteiger partial charge in [0.15, 0.2) is 11.5 Å². The van der Waals surface area contributed by atoms with Gasteiger partial charge in [0.2, 0.25) is 5.95 Å². The van der Waals surface area contributed by atoms with Crippen LogP contribution in [0.2, 0.25) is 0 Å². The lowest BCUT2D eigenvalue weighted by atomic mass is 10.0. The van der Waals surface area contributed by atoms with Gasteiger partial charge in [-0.3, -0.25) is 9.20 Å². The van der Waals surface area contributed by atoms with Gasteiger partial charge in [-0.25, -0.2) is 9.78 Å². The number of benzene rings is 1. The molecule has 0 saturated heterocycles. The van der Waals surface area contributed by atoms with Crippen LogP contribution in [0.3, 0.4) is 0 Å². The molecule has 0 spiro atoms. The Labute approximate surface area is 177 Å². The minimum absolute atomic E-state index is 0.0611. The van der Waals surface area contributed by atoms with Crippen molar-refractivity contribution in [3.63, 3.8) is 0 Å². The molecule has 29 heavy (non-hydrogen) atoms. The number of Topliss-reactive ketones (excluding diaryl/α,β-unsaturated/α-hetero) is 1. The molecular weight excluding hydrogens is 459 g/mol. The quantitative estimate of drug-likeness (QED) is 0.395. The lowest BCUT2D eigenvalue weighted by molar-refractivity contribution is 0.0697. The third kappa shape index (κ3) is 3.49. The van der Waals surface area contributed by atoms with Gasteiger partial charge < -0.3 is 5.11 Å². The second kappa shape index (κ2) is 7.53. The van der Waals surface area contributed by atoms with E-state index in [-0.39, 0.29) is 17.7 Å². The molecule has 0 fully saturated rings. The molecule has 0 saturated carbocycles. The SMILES string of the molecule is Cc1cccn2c(F)c(C(=O)Cc3scc(-c4ccc(Br)cc4)c3C(=O)O)nc12. The molecule has 0 aliphatic heterocycles. The van der Waals surface area contributed by atoms with Crippen molar-refractivity contribution in [3.05, 3.63) is 80.1 Å². The van der Waals surface area contributed by atoms with E-state index in [0.29, 0.717) is 16.1 Å². The number of carbonyl (C=O) groups excluding carboxylic acids is 1. The molecule has 4 aromatic rings. The number of pyridine rings is 1. The van der Waals surface area contributed by atoms with E-state index in [1.54, 1.807) is 36.6 Å². The Bertz CT molecular complexity index is 1260. The fourth-order valence-corrected chi connectivity index (χ4v) is 4.49. The highest BCUT2D eigenvalue weighted by molar-refractivity contribution is 9.10. The number of thiophene rings is 1. The Morgan fingerprint density at radius 1 is 1.24 bits per heavy atom. The normalized spacial score (nSPS) is 11.1. The average Bonchev–Trinajstić information content (AvgIpc) is 3.25. The highest BCUT2D eigenvalue weighted by Crippen LogP contribution is 2.33. The molecule has 4 rings (SSSR count). The molecule has 0 unspecified atom stereocenters. The van der Waals surface area contributed by atoms with Crippen LogP contribution in [0.25, 0.3) is 16.8 Å². The minimum atomic E-state index is -1.13. The third-order valence-electron chi connectivity index (χ3n) is 4.61. The molecule has 0 radical (unpaired) electrons. The Kier molecular flexibility index (Phi) is 5.06. The van der Waals surface area contributed by atoms with Crippen LogP contribution in [-0.2, 0) is 6.42 Å². The van der Waals surface area contributed by atoms with Gasteiger partial charge in [-0.15, -0.1) is 11.3 Å². The first-order chi connectivity index (χ1) is 13.9. The van der Waals surface area contributed by atoms with E-state index in [2.05, 4.69) is 20.9 Å². The molecule has 0 bridgehead atoms. The molecule has 3 heterocycles. The molecule has 0 atom stereocenters. The summed E-state index contributed by atoms with van der Waals surface area (Å²) in [5.74, 6) is -2.43. The summed E-state index contributed by atoms with van der Waals surface area (Å²) < 4.78 is 16.8. The molecule has 0 amide bonds. The smallest absolute Gasteiger partial charge is 0.337 e. The summed E-state index contributed by atoms with van der Waals surface area (Å²) in [6.07, 6.45) is 1.27. The van der Waals surface area contributed by atoms with E-state index in [4.69, 9.17) is 0 Å². The molecule has 1 N–H and O–H groups in total. The van der Waals surface area contributed by atoms with Gasteiger partial charge in [0.25, 0.3) is 0 Å². The molecule has 1 aromatic carbocycles. The van der Waals surface area contributed by atoms with Gasteiger partial charge in [-0.1, -0.05) is 34.1 Å². The Balaban J connectivity index is 1.72. The average molecular weight is 473 g/mol. The van der Waals surface area contributed by atoms with Crippen LogP contribution in [0, 0.1) is 12.9 Å². The van der Waals surface area contributed by atoms with E-state index >= 15 is 0 Å². The first kappa shape index (κ1) is 19.5. The predicted molar refractivity (Wildman–Crippen MR) is 112 cm³/mol. The monoisotopic (exact) mass is 472 g/mol. The van der Waals surface area contributed by atoms with Crippen LogP contribution in [0.4, 0.5) is 4.39 Å². The number of nitrogens with zero attached hydrogens (tertiary/aromatic N) is 2. The van der Waals surface area contributed by atoms with E-state index in [1.807, 2.05) is 12.1 Å². The highest BCUT2D eigenvalue weighted by atomic mass is 79.9. The molecule has 3 aromatic heterocycles. The van der Waals surface area contributed by atoms with Gasteiger partial charge in [-0.05, 0) is 41.6 Å². The van der Waals surface area contributed by atoms with E-state index in [0.717, 1.165) is 15.6 Å². The number of ketones is 1. The summed E-state index contributed by atoms with van der Waals surface area (Å²) in [7, 11) is 0. The number of imidazole rings is 1. The number of aryl methyl sites for hydroxylation is 1. The number of rotatable bonds is 5. The number of carbonyl (C=O) groups is 2. The van der Waals surface area contributed by atoms with Crippen molar-refractivity contribution in [3.8, 4) is 11.1 Å². The second-order valence-corrected chi connectivity index (χ2v) is 8.38. The van der Waals surface area contributed by atoms with E-state index in [1.165, 1.54) is 21.9 Å². The fourth-order valence-electron chi connectivity index (χ4n) is 3.19. The molecule has 8 heteroatoms. The van der Waals surface area contributed by atoms with Crippen molar-refractivity contribution in [2.45, 2.75) is 13.3 Å².